The molecule has 214 valence electrons. The average Bonchev–Trinajstić information content (AvgIpc) is 3.39. The monoisotopic (exact) mass is 589 g/mol. The number of nitrogens with one attached hydrogen (secondary N) is 2. The molecule has 1 unspecified atom stereocenters. The summed E-state index contributed by atoms with van der Waals surface area (Å²) in [6.45, 7) is 6.16. The summed E-state index contributed by atoms with van der Waals surface area (Å²) in [5.41, 5.74) is -1.35. The number of carbonyl (C=O) groups is 2. The van der Waals surface area contributed by atoms with E-state index in [1.54, 1.807) is 0 Å². The van der Waals surface area contributed by atoms with Gasteiger partial charge in [-0.05, 0) is 46.6 Å². The molecule has 0 spiro atoms. The van der Waals surface area contributed by atoms with E-state index in [1.165, 1.54) is 19.2 Å². The van der Waals surface area contributed by atoms with Crippen molar-refractivity contribution in [2.24, 2.45) is 0 Å². The highest BCUT2D eigenvalue weighted by Crippen LogP contribution is 2.40. The predicted octanol–water partition coefficient (Wildman–Crippen LogP) is 4.86. The number of anilines is 1. The summed E-state index contributed by atoms with van der Waals surface area (Å²) in [4.78, 5) is 35.9. The Hall–Kier alpha value is -2.61. The summed E-state index contributed by atoms with van der Waals surface area (Å²) >= 11 is 0.737. The van der Waals surface area contributed by atoms with Crippen LogP contribution in [0.1, 0.15) is 79.2 Å². The molecule has 4 heterocycles. The first-order valence-corrected chi connectivity index (χ1v) is 14.9. The summed E-state index contributed by atoms with van der Waals surface area (Å²) in [5, 5.41) is 5.67. The molecular weight excluding hydrogens is 558 g/mol. The third kappa shape index (κ3) is 6.94. The van der Waals surface area contributed by atoms with Gasteiger partial charge in [0.25, 0.3) is 24.2 Å². The second kappa shape index (κ2) is 11.1. The number of amides is 2. The van der Waals surface area contributed by atoms with Gasteiger partial charge in [-0.15, -0.1) is 11.3 Å². The Morgan fingerprint density at radius 3 is 2.46 bits per heavy atom. The number of carbonyl (C=O) groups excluding carboxylic acids is 2. The maximum absolute atomic E-state index is 14.3. The van der Waals surface area contributed by atoms with Crippen molar-refractivity contribution in [1.82, 2.24) is 20.2 Å². The number of thiazole rings is 1. The number of halogens is 4. The second-order valence-corrected chi connectivity index (χ2v) is 13.7. The van der Waals surface area contributed by atoms with Crippen molar-refractivity contribution in [1.29, 1.82) is 0 Å². The number of aromatic nitrogens is 2. The van der Waals surface area contributed by atoms with Crippen molar-refractivity contribution in [2.75, 3.05) is 23.4 Å². The minimum absolute atomic E-state index is 0.0394. The molecular formula is C25H31F4N5O3S2. The van der Waals surface area contributed by atoms with E-state index in [1.807, 2.05) is 20.8 Å². The molecule has 0 saturated carbocycles. The van der Waals surface area contributed by atoms with Crippen molar-refractivity contribution >= 4 is 39.8 Å². The molecule has 2 saturated heterocycles. The molecule has 0 radical (unpaired) electrons. The molecule has 2 aliphatic rings. The number of pyridine rings is 1. The summed E-state index contributed by atoms with van der Waals surface area (Å²) in [5.74, 6) is -3.50. The Morgan fingerprint density at radius 2 is 1.90 bits per heavy atom. The minimum atomic E-state index is -3.09. The van der Waals surface area contributed by atoms with Crippen molar-refractivity contribution in [3.05, 3.63) is 28.5 Å². The van der Waals surface area contributed by atoms with E-state index >= 15 is 0 Å². The van der Waals surface area contributed by atoms with Gasteiger partial charge in [0.15, 0.2) is 5.01 Å². The first kappa shape index (κ1) is 29.4. The fourth-order valence-electron chi connectivity index (χ4n) is 4.64. The van der Waals surface area contributed by atoms with E-state index in [9.17, 15) is 31.4 Å². The summed E-state index contributed by atoms with van der Waals surface area (Å²) in [7, 11) is -0.937. The topological polar surface area (TPSA) is 104 Å². The van der Waals surface area contributed by atoms with Gasteiger partial charge in [-0.25, -0.2) is 27.5 Å². The third-order valence-corrected chi connectivity index (χ3v) is 8.92. The molecule has 1 atom stereocenters. The third-order valence-electron chi connectivity index (χ3n) is 6.45. The van der Waals surface area contributed by atoms with Crippen LogP contribution < -0.4 is 10.6 Å². The second-order valence-electron chi connectivity index (χ2n) is 11.0. The minimum Gasteiger partial charge on any atom is -0.365 e. The van der Waals surface area contributed by atoms with Crippen molar-refractivity contribution in [3.8, 4) is 10.4 Å². The highest BCUT2D eigenvalue weighted by atomic mass is 32.2. The molecule has 2 aliphatic heterocycles. The van der Waals surface area contributed by atoms with Crippen LogP contribution in [0.25, 0.3) is 10.4 Å². The Labute approximate surface area is 230 Å². The lowest BCUT2D eigenvalue weighted by atomic mass is 10.1. The smallest absolute Gasteiger partial charge is 0.280 e. The van der Waals surface area contributed by atoms with Gasteiger partial charge in [-0.2, -0.15) is 0 Å². The van der Waals surface area contributed by atoms with Crippen LogP contribution in [0.3, 0.4) is 0 Å². The number of alkyl halides is 4. The van der Waals surface area contributed by atoms with Crippen molar-refractivity contribution in [3.63, 3.8) is 0 Å². The van der Waals surface area contributed by atoms with Gasteiger partial charge in [-0.3, -0.25) is 13.8 Å². The molecule has 2 N–H and O–H groups in total. The Bertz CT molecular complexity index is 1270. The molecule has 8 nitrogen and oxygen atoms in total. The molecule has 39 heavy (non-hydrogen) atoms. The standard InChI is InChI=1S/C25H31F4N5O3S2/c1-13-10-25(28,29)12-34(13)23(36)18-19(16-11-30-17(33-24(2,3)4)9-15(16)20(26)27)38-22(32-18)21(35)31-14-5-7-39(37)8-6-14/h9,11,13-14,20H,5-8,10,12H2,1-4H3,(H,30,33)(H,31,35). The normalized spacial score (nSPS) is 23.2. The van der Waals surface area contributed by atoms with Crippen LogP contribution in [0.2, 0.25) is 0 Å². The van der Waals surface area contributed by atoms with E-state index in [4.69, 9.17) is 0 Å². The number of hydrogen-bond donors (Lipinski definition) is 2. The SMILES string of the molecule is CC1CC(F)(F)CN1C(=O)c1nc(C(=O)NC2CCS(=O)CC2)sc1-c1cnc(NC(C)(C)C)cc1C(F)F. The van der Waals surface area contributed by atoms with Crippen LogP contribution in [0.4, 0.5) is 23.4 Å². The maximum atomic E-state index is 14.3. The lowest BCUT2D eigenvalue weighted by molar-refractivity contribution is 0.0118. The van der Waals surface area contributed by atoms with E-state index in [2.05, 4.69) is 20.6 Å². The van der Waals surface area contributed by atoms with Crippen LogP contribution in [0.15, 0.2) is 12.3 Å². The van der Waals surface area contributed by atoms with Gasteiger partial charge in [-0.1, -0.05) is 0 Å². The summed E-state index contributed by atoms with van der Waals surface area (Å²) < 4.78 is 68.4. The van der Waals surface area contributed by atoms with Crippen LogP contribution in [-0.2, 0) is 10.8 Å². The zero-order valence-electron chi connectivity index (χ0n) is 22.0. The van der Waals surface area contributed by atoms with E-state index < -0.39 is 65.1 Å². The van der Waals surface area contributed by atoms with Gasteiger partial charge in [0.1, 0.15) is 11.5 Å². The van der Waals surface area contributed by atoms with Gasteiger partial charge < -0.3 is 15.5 Å². The van der Waals surface area contributed by atoms with Crippen LogP contribution in [0.5, 0.6) is 0 Å². The first-order chi connectivity index (χ1) is 18.1. The zero-order chi connectivity index (χ0) is 28.7. The lowest BCUT2D eigenvalue weighted by Gasteiger charge is -2.22. The fraction of sp³-hybridized carbons (Fsp3) is 0.600. The van der Waals surface area contributed by atoms with Gasteiger partial charge in [0.05, 0.1) is 11.4 Å². The Kier molecular flexibility index (Phi) is 8.36. The van der Waals surface area contributed by atoms with Gasteiger partial charge in [0.2, 0.25) is 0 Å². The van der Waals surface area contributed by atoms with Crippen molar-refractivity contribution in [2.45, 2.75) is 76.9 Å². The van der Waals surface area contributed by atoms with E-state index in [0.29, 0.717) is 24.3 Å². The maximum Gasteiger partial charge on any atom is 0.280 e. The summed E-state index contributed by atoms with van der Waals surface area (Å²) in [6.07, 6.45) is -1.30. The number of likely N-dealkylation sites (tertiary alicyclic amines) is 1. The van der Waals surface area contributed by atoms with Crippen LogP contribution >= 0.6 is 11.3 Å². The Morgan fingerprint density at radius 1 is 1.23 bits per heavy atom. The van der Waals surface area contributed by atoms with E-state index in [0.717, 1.165) is 16.2 Å². The molecule has 0 bridgehead atoms. The highest BCUT2D eigenvalue weighted by molar-refractivity contribution is 7.85. The molecule has 0 aliphatic carbocycles. The molecule has 4 rings (SSSR count). The first-order valence-electron chi connectivity index (χ1n) is 12.6. The summed E-state index contributed by atoms with van der Waals surface area (Å²) in [6, 6.07) is 0.113. The van der Waals surface area contributed by atoms with Crippen LogP contribution in [-0.4, -0.2) is 72.5 Å². The fourth-order valence-corrected chi connectivity index (χ4v) is 6.93. The molecule has 2 aromatic rings. The molecule has 2 amide bonds. The predicted molar refractivity (Wildman–Crippen MR) is 142 cm³/mol. The van der Waals surface area contributed by atoms with Gasteiger partial charge in [0, 0.05) is 63.7 Å². The molecule has 0 aromatic carbocycles. The molecule has 2 aromatic heterocycles. The number of hydrogen-bond acceptors (Lipinski definition) is 7. The molecule has 14 heteroatoms. The zero-order valence-corrected chi connectivity index (χ0v) is 23.7. The van der Waals surface area contributed by atoms with Crippen LogP contribution in [0, 0.1) is 0 Å². The lowest BCUT2D eigenvalue weighted by Crippen LogP contribution is -2.39. The quantitative estimate of drug-likeness (QED) is 0.467. The average molecular weight is 590 g/mol. The number of nitrogens with zero attached hydrogens (tertiary/aromatic N) is 3. The Balaban J connectivity index is 1.75. The molecule has 2 fully saturated rings. The van der Waals surface area contributed by atoms with E-state index in [-0.39, 0.29) is 33.0 Å². The number of rotatable bonds is 6. The van der Waals surface area contributed by atoms with Gasteiger partial charge >= 0.3 is 0 Å². The highest BCUT2D eigenvalue weighted by Gasteiger charge is 2.46. The largest absolute Gasteiger partial charge is 0.365 e. The van der Waals surface area contributed by atoms with Crippen molar-refractivity contribution < 1.29 is 31.4 Å².